The molecule has 1 N–H and O–H groups in total. The first-order valence-electron chi connectivity index (χ1n) is 13.4. The highest BCUT2D eigenvalue weighted by atomic mass is 35.5. The lowest BCUT2D eigenvalue weighted by Crippen LogP contribution is -2.37. The van der Waals surface area contributed by atoms with Crippen molar-refractivity contribution in [3.63, 3.8) is 0 Å². The van der Waals surface area contributed by atoms with Crippen LogP contribution in [0.3, 0.4) is 0 Å². The van der Waals surface area contributed by atoms with E-state index in [2.05, 4.69) is 5.32 Å². The van der Waals surface area contributed by atoms with Gasteiger partial charge in [-0.25, -0.2) is 33.9 Å². The zero-order valence-electron chi connectivity index (χ0n) is 25.2. The van der Waals surface area contributed by atoms with Crippen molar-refractivity contribution in [1.82, 2.24) is 8.61 Å². The van der Waals surface area contributed by atoms with Crippen molar-refractivity contribution in [3.05, 3.63) is 112 Å². The van der Waals surface area contributed by atoms with E-state index in [-0.39, 0.29) is 42.3 Å². The number of sulfonamides is 3. The molecule has 0 aliphatic carbocycles. The number of anilines is 2. The molecular weight excluding hydrogens is 711 g/mol. The normalized spacial score (nSPS) is 12.3. The zero-order chi connectivity index (χ0) is 34.9. The molecule has 47 heavy (non-hydrogen) atoms. The molecule has 4 aromatic carbocycles. The highest BCUT2D eigenvalue weighted by molar-refractivity contribution is 7.93. The van der Waals surface area contributed by atoms with Gasteiger partial charge in [-0.3, -0.25) is 9.59 Å². The number of hydrogen-bond donors (Lipinski definition) is 1. The Balaban J connectivity index is 1.79. The van der Waals surface area contributed by atoms with Gasteiger partial charge in [0.05, 0.1) is 20.5 Å². The van der Waals surface area contributed by atoms with Gasteiger partial charge < -0.3 is 5.32 Å². The number of carbonyl (C=O) groups is 2. The van der Waals surface area contributed by atoms with E-state index in [0.29, 0.717) is 4.31 Å². The van der Waals surface area contributed by atoms with Crippen LogP contribution in [0, 0.1) is 0 Å². The lowest BCUT2D eigenvalue weighted by Gasteiger charge is -2.24. The maximum Gasteiger partial charge on any atom is 0.272 e. The Morgan fingerprint density at radius 3 is 1.70 bits per heavy atom. The van der Waals surface area contributed by atoms with Crippen LogP contribution < -0.4 is 9.62 Å². The molecule has 0 aliphatic heterocycles. The summed E-state index contributed by atoms with van der Waals surface area (Å²) >= 11 is 12.5. The van der Waals surface area contributed by atoms with Crippen LogP contribution in [0.2, 0.25) is 10.0 Å². The molecule has 17 heteroatoms. The number of hydrogen-bond acceptors (Lipinski definition) is 8. The number of halogens is 2. The van der Waals surface area contributed by atoms with Crippen molar-refractivity contribution in [2.24, 2.45) is 0 Å². The van der Waals surface area contributed by atoms with E-state index in [1.165, 1.54) is 107 Å². The third kappa shape index (κ3) is 7.51. The summed E-state index contributed by atoms with van der Waals surface area (Å²) in [5.74, 6) is -1.87. The van der Waals surface area contributed by atoms with Crippen LogP contribution in [0.25, 0.3) is 0 Å². The van der Waals surface area contributed by atoms with Gasteiger partial charge in [0.25, 0.3) is 21.8 Å². The van der Waals surface area contributed by atoms with Crippen LogP contribution in [0.5, 0.6) is 0 Å². The average molecular weight is 740 g/mol. The van der Waals surface area contributed by atoms with Gasteiger partial charge in [0, 0.05) is 50.0 Å². The predicted octanol–water partition coefficient (Wildman–Crippen LogP) is 4.78. The van der Waals surface area contributed by atoms with Gasteiger partial charge in [-0.05, 0) is 72.8 Å². The molecule has 0 aliphatic rings. The van der Waals surface area contributed by atoms with Crippen LogP contribution in [0.15, 0.2) is 106 Å². The van der Waals surface area contributed by atoms with E-state index in [4.69, 9.17) is 23.2 Å². The Hall–Kier alpha value is -3.83. The molecule has 0 fully saturated rings. The number of nitrogens with zero attached hydrogens (tertiary/aromatic N) is 3. The minimum Gasteiger partial charge on any atom is -0.322 e. The minimum absolute atomic E-state index is 0.0319. The summed E-state index contributed by atoms with van der Waals surface area (Å²) in [7, 11) is -7.40. The summed E-state index contributed by atoms with van der Waals surface area (Å²) in [6.07, 6.45) is 0. The molecule has 0 heterocycles. The third-order valence-electron chi connectivity index (χ3n) is 6.67. The van der Waals surface area contributed by atoms with Crippen molar-refractivity contribution in [2.75, 3.05) is 37.8 Å². The number of amides is 2. The van der Waals surface area contributed by atoms with Crippen LogP contribution in [0.1, 0.15) is 20.7 Å². The third-order valence-corrected chi connectivity index (χ3v) is 12.7. The largest absolute Gasteiger partial charge is 0.322 e. The average Bonchev–Trinajstić information content (AvgIpc) is 3.01. The van der Waals surface area contributed by atoms with E-state index >= 15 is 0 Å². The molecule has 0 bridgehead atoms. The molecule has 4 rings (SSSR count). The summed E-state index contributed by atoms with van der Waals surface area (Å²) in [4.78, 5) is 26.1. The fourth-order valence-corrected chi connectivity index (χ4v) is 8.17. The molecule has 4 aromatic rings. The predicted molar refractivity (Wildman–Crippen MR) is 179 cm³/mol. The summed E-state index contributed by atoms with van der Waals surface area (Å²) in [5.41, 5.74) is -0.524. The minimum atomic E-state index is -4.87. The second kappa shape index (κ2) is 13.7. The van der Waals surface area contributed by atoms with Crippen LogP contribution in [-0.2, 0) is 30.1 Å². The Morgan fingerprint density at radius 1 is 0.617 bits per heavy atom. The summed E-state index contributed by atoms with van der Waals surface area (Å²) < 4.78 is 81.5. The van der Waals surface area contributed by atoms with E-state index in [0.717, 1.165) is 20.7 Å². The Morgan fingerprint density at radius 2 is 1.15 bits per heavy atom. The van der Waals surface area contributed by atoms with E-state index < -0.39 is 46.8 Å². The van der Waals surface area contributed by atoms with Crippen molar-refractivity contribution >= 4 is 76.5 Å². The Labute approximate surface area is 283 Å². The highest BCUT2D eigenvalue weighted by Crippen LogP contribution is 2.33. The molecule has 0 aromatic heterocycles. The fourth-order valence-electron chi connectivity index (χ4n) is 4.17. The van der Waals surface area contributed by atoms with Gasteiger partial charge >= 0.3 is 0 Å². The second-order valence-corrected chi connectivity index (χ2v) is 17.2. The van der Waals surface area contributed by atoms with Gasteiger partial charge in [0.15, 0.2) is 0 Å². The summed E-state index contributed by atoms with van der Waals surface area (Å²) in [6, 6.07) is 19.1. The first-order valence-corrected chi connectivity index (χ1v) is 18.5. The van der Waals surface area contributed by atoms with Gasteiger partial charge in [-0.15, -0.1) is 0 Å². The zero-order valence-corrected chi connectivity index (χ0v) is 29.2. The molecule has 0 saturated heterocycles. The Kier molecular flexibility index (Phi) is 10.5. The van der Waals surface area contributed by atoms with E-state index in [1.54, 1.807) is 0 Å². The number of carbonyl (C=O) groups excluding carboxylic acids is 2. The van der Waals surface area contributed by atoms with Gasteiger partial charge in [0.2, 0.25) is 20.0 Å². The maximum absolute atomic E-state index is 14.3. The van der Waals surface area contributed by atoms with Gasteiger partial charge in [0.1, 0.15) is 4.90 Å². The number of benzene rings is 4. The summed E-state index contributed by atoms with van der Waals surface area (Å²) in [5, 5.41) is 2.32. The summed E-state index contributed by atoms with van der Waals surface area (Å²) in [6.45, 7) is 0. The Bertz CT molecular complexity index is 2210. The molecule has 0 saturated carbocycles. The van der Waals surface area contributed by atoms with Gasteiger partial charge in [-0.2, -0.15) is 4.31 Å². The van der Waals surface area contributed by atoms with Crippen LogP contribution in [-0.4, -0.2) is 73.9 Å². The monoisotopic (exact) mass is 738 g/mol. The molecule has 12 nitrogen and oxygen atoms in total. The maximum atomic E-state index is 14.3. The van der Waals surface area contributed by atoms with Gasteiger partial charge in [-0.1, -0.05) is 41.4 Å². The van der Waals surface area contributed by atoms with Crippen LogP contribution in [0.4, 0.5) is 11.4 Å². The molecule has 248 valence electrons. The van der Waals surface area contributed by atoms with Crippen molar-refractivity contribution in [1.29, 1.82) is 0 Å². The lowest BCUT2D eigenvalue weighted by molar-refractivity contribution is 0.100. The van der Waals surface area contributed by atoms with E-state index in [1.807, 2.05) is 0 Å². The van der Waals surface area contributed by atoms with Crippen molar-refractivity contribution in [3.8, 4) is 0 Å². The molecular formula is C30H28Cl2N4O8S3. The first kappa shape index (κ1) is 36.0. The quantitative estimate of drug-likeness (QED) is 0.244. The molecule has 0 unspecified atom stereocenters. The highest BCUT2D eigenvalue weighted by Gasteiger charge is 2.35. The van der Waals surface area contributed by atoms with Crippen molar-refractivity contribution in [2.45, 2.75) is 14.7 Å². The standard InChI is InChI=1S/C30H28Cl2N4O8S3/c1-34(2)45(39,40)25-12-5-8-20(16-25)29(37)33-23-14-15-27(32)28(19-23)47(43,44)36(24-11-7-10-22(31)18-24)30(38)21-9-6-13-26(17-21)46(41,42)35(3)4/h5-19H,1-4H3,(H,33,37). The second-order valence-electron chi connectivity index (χ2n) is 10.3. The van der Waals surface area contributed by atoms with E-state index in [9.17, 15) is 34.8 Å². The number of rotatable bonds is 10. The smallest absolute Gasteiger partial charge is 0.272 e. The van der Waals surface area contributed by atoms with Crippen LogP contribution >= 0.6 is 23.2 Å². The molecule has 0 radical (unpaired) electrons. The SMILES string of the molecule is CN(C)S(=O)(=O)c1cccc(C(=O)Nc2ccc(Cl)c(S(=O)(=O)N(C(=O)c3cccc(S(=O)(=O)N(C)C)c3)c3cccc(Cl)c3)c2)c1. The lowest BCUT2D eigenvalue weighted by atomic mass is 10.2. The first-order chi connectivity index (χ1) is 21.9. The topological polar surface area (TPSA) is 158 Å². The molecule has 2 amide bonds. The molecule has 0 atom stereocenters. The van der Waals surface area contributed by atoms with Crippen molar-refractivity contribution < 1.29 is 34.8 Å². The fraction of sp³-hybridized carbons (Fsp3) is 0.133. The number of nitrogens with one attached hydrogen (secondary N) is 1. The molecule has 0 spiro atoms.